The first-order chi connectivity index (χ1) is 8.34. The highest BCUT2D eigenvalue weighted by atomic mass is 16.3. The van der Waals surface area contributed by atoms with E-state index in [-0.39, 0.29) is 0 Å². The lowest BCUT2D eigenvalue weighted by Gasteiger charge is -2.37. The van der Waals surface area contributed by atoms with Crippen LogP contribution in [-0.4, -0.2) is 13.1 Å². The van der Waals surface area contributed by atoms with Crippen LogP contribution in [-0.2, 0) is 0 Å². The zero-order chi connectivity index (χ0) is 11.4. The molecule has 92 valence electrons. The normalized spacial score (nSPS) is 43.0. The quantitative estimate of drug-likeness (QED) is 0.774. The molecule has 1 heterocycles. The largest absolute Gasteiger partial charge is 0.449 e. The van der Waals surface area contributed by atoms with Gasteiger partial charge in [-0.05, 0) is 55.4 Å². The van der Waals surface area contributed by atoms with Crippen LogP contribution in [0, 0.1) is 23.7 Å². The van der Waals surface area contributed by atoms with E-state index >= 15 is 0 Å². The molecule has 1 aromatic rings. The Kier molecular flexibility index (Phi) is 2.09. The Bertz CT molecular complexity index is 399. The van der Waals surface area contributed by atoms with Crippen molar-refractivity contribution in [3.8, 4) is 0 Å². The summed E-state index contributed by atoms with van der Waals surface area (Å²) >= 11 is 0. The fraction of sp³-hybridized carbons (Fsp3) is 0.733. The molecule has 3 fully saturated rings. The van der Waals surface area contributed by atoms with Gasteiger partial charge in [-0.3, -0.25) is 0 Å². The van der Waals surface area contributed by atoms with Crippen molar-refractivity contribution in [3.05, 3.63) is 18.4 Å². The third-order valence-corrected chi connectivity index (χ3v) is 5.74. The van der Waals surface area contributed by atoms with E-state index in [0.29, 0.717) is 0 Å². The number of fused-ring (bicyclic) bond motifs is 5. The SMILES string of the molecule is CN(c1ccco1)C1CC2CC1C1CCCC21. The van der Waals surface area contributed by atoms with E-state index < -0.39 is 0 Å². The van der Waals surface area contributed by atoms with E-state index in [1.54, 1.807) is 6.26 Å². The Morgan fingerprint density at radius 1 is 1.18 bits per heavy atom. The topological polar surface area (TPSA) is 16.4 Å². The molecule has 0 saturated heterocycles. The van der Waals surface area contributed by atoms with Gasteiger partial charge in [0.25, 0.3) is 0 Å². The predicted molar refractivity (Wildman–Crippen MR) is 67.9 cm³/mol. The molecular formula is C15H21NO. The van der Waals surface area contributed by atoms with Crippen LogP contribution in [0.5, 0.6) is 0 Å². The fourth-order valence-electron chi connectivity index (χ4n) is 5.11. The minimum atomic E-state index is 0.741. The van der Waals surface area contributed by atoms with Crippen molar-refractivity contribution in [1.29, 1.82) is 0 Å². The molecule has 0 aliphatic heterocycles. The number of furan rings is 1. The first-order valence-electron chi connectivity index (χ1n) is 7.11. The summed E-state index contributed by atoms with van der Waals surface area (Å²) in [5.41, 5.74) is 0. The monoisotopic (exact) mass is 231 g/mol. The van der Waals surface area contributed by atoms with Gasteiger partial charge >= 0.3 is 0 Å². The molecule has 17 heavy (non-hydrogen) atoms. The summed E-state index contributed by atoms with van der Waals surface area (Å²) in [6.45, 7) is 0. The smallest absolute Gasteiger partial charge is 0.195 e. The lowest BCUT2D eigenvalue weighted by atomic mass is 9.78. The minimum absolute atomic E-state index is 0.741. The second-order valence-electron chi connectivity index (χ2n) is 6.28. The molecule has 5 atom stereocenters. The number of hydrogen-bond acceptors (Lipinski definition) is 2. The van der Waals surface area contributed by atoms with Gasteiger partial charge in [-0.15, -0.1) is 0 Å². The van der Waals surface area contributed by atoms with Gasteiger partial charge in [0.05, 0.1) is 6.26 Å². The number of anilines is 1. The van der Waals surface area contributed by atoms with Crippen molar-refractivity contribution >= 4 is 5.88 Å². The molecule has 3 saturated carbocycles. The molecular weight excluding hydrogens is 210 g/mol. The summed E-state index contributed by atoms with van der Waals surface area (Å²) in [5, 5.41) is 0. The summed E-state index contributed by atoms with van der Waals surface area (Å²) in [5.74, 6) is 5.15. The first kappa shape index (κ1) is 10.0. The molecule has 2 heteroatoms. The maximum atomic E-state index is 5.55. The third-order valence-electron chi connectivity index (χ3n) is 5.74. The van der Waals surface area contributed by atoms with Gasteiger partial charge in [-0.2, -0.15) is 0 Å². The molecule has 2 nitrogen and oxygen atoms in total. The van der Waals surface area contributed by atoms with Gasteiger partial charge < -0.3 is 9.32 Å². The van der Waals surface area contributed by atoms with E-state index in [1.165, 1.54) is 32.1 Å². The van der Waals surface area contributed by atoms with Crippen molar-refractivity contribution < 1.29 is 4.42 Å². The highest BCUT2D eigenvalue weighted by Gasteiger charge is 2.54. The van der Waals surface area contributed by atoms with Crippen LogP contribution in [0.3, 0.4) is 0 Å². The standard InChI is InChI=1S/C15H21NO/c1-16(15-6-3-7-17-15)14-9-10-8-13(14)12-5-2-4-11(10)12/h3,6-7,10-14H,2,4-5,8-9H2,1H3. The number of nitrogens with zero attached hydrogens (tertiary/aromatic N) is 1. The van der Waals surface area contributed by atoms with Crippen molar-refractivity contribution in [1.82, 2.24) is 0 Å². The average Bonchev–Trinajstić information content (AvgIpc) is 3.09. The lowest BCUT2D eigenvalue weighted by Crippen LogP contribution is -2.40. The molecule has 0 N–H and O–H groups in total. The summed E-state index contributed by atoms with van der Waals surface area (Å²) in [6.07, 6.45) is 9.18. The molecule has 1 aromatic heterocycles. The Hall–Kier alpha value is -0.920. The van der Waals surface area contributed by atoms with E-state index in [9.17, 15) is 0 Å². The van der Waals surface area contributed by atoms with Crippen LogP contribution in [0.4, 0.5) is 5.88 Å². The Labute approximate surface area is 103 Å². The molecule has 0 amide bonds. The third kappa shape index (κ3) is 1.33. The highest BCUT2D eigenvalue weighted by Crippen LogP contribution is 2.59. The first-order valence-corrected chi connectivity index (χ1v) is 7.11. The van der Waals surface area contributed by atoms with Gasteiger partial charge in [-0.25, -0.2) is 0 Å². The Morgan fingerprint density at radius 3 is 2.88 bits per heavy atom. The van der Waals surface area contributed by atoms with Gasteiger partial charge in [-0.1, -0.05) is 6.42 Å². The lowest BCUT2D eigenvalue weighted by molar-refractivity contribution is 0.227. The zero-order valence-corrected chi connectivity index (χ0v) is 10.5. The number of rotatable bonds is 2. The molecule has 2 bridgehead atoms. The van der Waals surface area contributed by atoms with Crippen LogP contribution in [0.15, 0.2) is 22.8 Å². The van der Waals surface area contributed by atoms with Gasteiger partial charge in [0.2, 0.25) is 0 Å². The summed E-state index contributed by atoms with van der Waals surface area (Å²) < 4.78 is 5.55. The molecule has 3 aliphatic carbocycles. The second-order valence-corrected chi connectivity index (χ2v) is 6.28. The second kappa shape index (κ2) is 3.54. The van der Waals surface area contributed by atoms with Gasteiger partial charge in [0.15, 0.2) is 5.88 Å². The molecule has 4 rings (SSSR count). The predicted octanol–water partition coefficient (Wildman–Crippen LogP) is 3.54. The van der Waals surface area contributed by atoms with Crippen LogP contribution in [0.2, 0.25) is 0 Å². The maximum absolute atomic E-state index is 5.55. The van der Waals surface area contributed by atoms with Crippen LogP contribution in [0.1, 0.15) is 32.1 Å². The van der Waals surface area contributed by atoms with E-state index in [1.807, 2.05) is 6.07 Å². The summed E-state index contributed by atoms with van der Waals surface area (Å²) in [6, 6.07) is 4.83. The molecule has 5 unspecified atom stereocenters. The number of hydrogen-bond donors (Lipinski definition) is 0. The molecule has 0 radical (unpaired) electrons. The highest BCUT2D eigenvalue weighted by molar-refractivity contribution is 5.36. The van der Waals surface area contributed by atoms with Crippen molar-refractivity contribution in [2.45, 2.75) is 38.1 Å². The Balaban J connectivity index is 1.58. The van der Waals surface area contributed by atoms with E-state index in [0.717, 1.165) is 35.6 Å². The Morgan fingerprint density at radius 2 is 2.06 bits per heavy atom. The van der Waals surface area contributed by atoms with E-state index in [4.69, 9.17) is 4.42 Å². The minimum Gasteiger partial charge on any atom is -0.449 e. The molecule has 0 spiro atoms. The molecule has 0 aromatic carbocycles. The van der Waals surface area contributed by atoms with E-state index in [2.05, 4.69) is 18.0 Å². The molecule has 3 aliphatic rings. The zero-order valence-electron chi connectivity index (χ0n) is 10.5. The van der Waals surface area contributed by atoms with Crippen LogP contribution in [0.25, 0.3) is 0 Å². The van der Waals surface area contributed by atoms with Gasteiger partial charge in [0, 0.05) is 19.2 Å². The van der Waals surface area contributed by atoms with Crippen LogP contribution < -0.4 is 4.90 Å². The van der Waals surface area contributed by atoms with Crippen molar-refractivity contribution in [2.24, 2.45) is 23.7 Å². The van der Waals surface area contributed by atoms with Crippen molar-refractivity contribution in [2.75, 3.05) is 11.9 Å². The summed E-state index contributed by atoms with van der Waals surface area (Å²) in [7, 11) is 2.22. The van der Waals surface area contributed by atoms with Crippen molar-refractivity contribution in [3.63, 3.8) is 0 Å². The fourth-order valence-corrected chi connectivity index (χ4v) is 5.11. The van der Waals surface area contributed by atoms with Gasteiger partial charge in [0.1, 0.15) is 0 Å². The summed E-state index contributed by atoms with van der Waals surface area (Å²) in [4.78, 5) is 2.40. The maximum Gasteiger partial charge on any atom is 0.195 e. The van der Waals surface area contributed by atoms with Crippen LogP contribution >= 0.6 is 0 Å². The average molecular weight is 231 g/mol.